The van der Waals surface area contributed by atoms with Gasteiger partial charge in [0.2, 0.25) is 5.91 Å². The van der Waals surface area contributed by atoms with Crippen LogP contribution in [-0.2, 0) is 11.8 Å². The SMILES string of the molecule is Cc1cc(NC(=O)CSc2nnc([C@@H](CC(C)C)NC(=O)c3ccccc3Cl)n2C)ccc1Br. The van der Waals surface area contributed by atoms with Crippen LogP contribution in [0, 0.1) is 12.8 Å². The van der Waals surface area contributed by atoms with Gasteiger partial charge in [0.15, 0.2) is 11.0 Å². The van der Waals surface area contributed by atoms with Crippen molar-refractivity contribution in [2.45, 2.75) is 38.4 Å². The molecule has 3 rings (SSSR count). The number of anilines is 1. The number of thioether (sulfide) groups is 1. The summed E-state index contributed by atoms with van der Waals surface area (Å²) in [6.07, 6.45) is 0.677. The van der Waals surface area contributed by atoms with Crippen molar-refractivity contribution in [3.05, 3.63) is 68.9 Å². The highest BCUT2D eigenvalue weighted by Gasteiger charge is 2.24. The molecule has 1 heterocycles. The van der Waals surface area contributed by atoms with Gasteiger partial charge in [-0.25, -0.2) is 0 Å². The van der Waals surface area contributed by atoms with Crippen molar-refractivity contribution in [3.8, 4) is 0 Å². The number of benzene rings is 2. The van der Waals surface area contributed by atoms with Gasteiger partial charge in [-0.3, -0.25) is 9.59 Å². The summed E-state index contributed by atoms with van der Waals surface area (Å²) in [7, 11) is 1.84. The zero-order valence-corrected chi connectivity index (χ0v) is 22.6. The number of aryl methyl sites for hydroxylation is 1. The molecule has 0 spiro atoms. The monoisotopic (exact) mass is 563 g/mol. The van der Waals surface area contributed by atoms with E-state index in [-0.39, 0.29) is 23.6 Å². The third-order valence-electron chi connectivity index (χ3n) is 5.09. The van der Waals surface area contributed by atoms with Gasteiger partial charge in [0, 0.05) is 17.2 Å². The molecule has 0 saturated carbocycles. The quantitative estimate of drug-likeness (QED) is 0.321. The van der Waals surface area contributed by atoms with Crippen LogP contribution in [0.5, 0.6) is 0 Å². The molecule has 1 atom stereocenters. The van der Waals surface area contributed by atoms with Crippen molar-refractivity contribution in [2.75, 3.05) is 11.1 Å². The van der Waals surface area contributed by atoms with E-state index in [1.165, 1.54) is 11.8 Å². The number of carbonyl (C=O) groups excluding carboxylic acids is 2. The Labute approximate surface area is 217 Å². The fourth-order valence-corrected chi connectivity index (χ4v) is 4.57. The molecule has 2 amide bonds. The Morgan fingerprint density at radius 3 is 2.59 bits per heavy atom. The van der Waals surface area contributed by atoms with Crippen molar-refractivity contribution >= 4 is 56.8 Å². The molecule has 0 aliphatic rings. The summed E-state index contributed by atoms with van der Waals surface area (Å²) in [4.78, 5) is 25.3. The fraction of sp³-hybridized carbons (Fsp3) is 0.333. The summed E-state index contributed by atoms with van der Waals surface area (Å²) in [5, 5.41) is 15.5. The number of nitrogens with one attached hydrogen (secondary N) is 2. The van der Waals surface area contributed by atoms with Crippen molar-refractivity contribution in [1.29, 1.82) is 0 Å². The smallest absolute Gasteiger partial charge is 0.253 e. The highest BCUT2D eigenvalue weighted by Crippen LogP contribution is 2.26. The Morgan fingerprint density at radius 2 is 1.91 bits per heavy atom. The number of rotatable bonds is 9. The molecule has 0 radical (unpaired) electrons. The van der Waals surface area contributed by atoms with Gasteiger partial charge >= 0.3 is 0 Å². The van der Waals surface area contributed by atoms with Crippen molar-refractivity contribution < 1.29 is 9.59 Å². The van der Waals surface area contributed by atoms with E-state index < -0.39 is 0 Å². The lowest BCUT2D eigenvalue weighted by molar-refractivity contribution is -0.113. The lowest BCUT2D eigenvalue weighted by atomic mass is 10.0. The predicted molar refractivity (Wildman–Crippen MR) is 140 cm³/mol. The molecule has 7 nitrogen and oxygen atoms in total. The van der Waals surface area contributed by atoms with Gasteiger partial charge in [0.05, 0.1) is 22.4 Å². The van der Waals surface area contributed by atoms with E-state index in [9.17, 15) is 9.59 Å². The van der Waals surface area contributed by atoms with Crippen molar-refractivity contribution in [2.24, 2.45) is 13.0 Å². The Balaban J connectivity index is 1.68. The first-order chi connectivity index (χ1) is 16.2. The first-order valence-corrected chi connectivity index (χ1v) is 12.9. The predicted octanol–water partition coefficient (Wildman–Crippen LogP) is 5.79. The largest absolute Gasteiger partial charge is 0.342 e. The van der Waals surface area contributed by atoms with Crippen LogP contribution >= 0.6 is 39.3 Å². The second kappa shape index (κ2) is 11.9. The maximum absolute atomic E-state index is 12.9. The average Bonchev–Trinajstić information content (AvgIpc) is 3.14. The minimum atomic E-state index is -0.352. The third kappa shape index (κ3) is 6.84. The maximum atomic E-state index is 12.9. The van der Waals surface area contributed by atoms with Crippen LogP contribution < -0.4 is 10.6 Å². The lowest BCUT2D eigenvalue weighted by Gasteiger charge is -2.20. The molecule has 10 heteroatoms. The molecule has 0 fully saturated rings. The first-order valence-electron chi connectivity index (χ1n) is 10.8. The number of halogens is 2. The molecule has 0 aliphatic heterocycles. The molecular weight excluding hydrogens is 538 g/mol. The van der Waals surface area contributed by atoms with Gasteiger partial charge in [-0.05, 0) is 55.2 Å². The van der Waals surface area contributed by atoms with Gasteiger partial charge in [-0.2, -0.15) is 0 Å². The Kier molecular flexibility index (Phi) is 9.16. The first kappa shape index (κ1) is 26.2. The normalized spacial score (nSPS) is 12.0. The minimum absolute atomic E-state index is 0.137. The van der Waals surface area contributed by atoms with Crippen LogP contribution in [-0.4, -0.2) is 32.3 Å². The molecular formula is C24H27BrClN5O2S. The summed E-state index contributed by atoms with van der Waals surface area (Å²) >= 11 is 10.9. The summed E-state index contributed by atoms with van der Waals surface area (Å²) in [5.41, 5.74) is 2.19. The molecule has 2 aromatic carbocycles. The Hall–Kier alpha value is -2.36. The van der Waals surface area contributed by atoms with Crippen LogP contribution in [0.15, 0.2) is 52.1 Å². The number of aromatic nitrogens is 3. The van der Waals surface area contributed by atoms with Crippen LogP contribution in [0.4, 0.5) is 5.69 Å². The van der Waals surface area contributed by atoms with Crippen LogP contribution in [0.25, 0.3) is 0 Å². The zero-order chi connectivity index (χ0) is 24.8. The fourth-order valence-electron chi connectivity index (χ4n) is 3.39. The average molecular weight is 565 g/mol. The minimum Gasteiger partial charge on any atom is -0.342 e. The number of nitrogens with zero attached hydrogens (tertiary/aromatic N) is 3. The summed E-state index contributed by atoms with van der Waals surface area (Å²) in [5.74, 6) is 0.715. The van der Waals surface area contributed by atoms with E-state index in [0.717, 1.165) is 15.7 Å². The molecule has 2 N–H and O–H groups in total. The Morgan fingerprint density at radius 1 is 1.18 bits per heavy atom. The maximum Gasteiger partial charge on any atom is 0.253 e. The van der Waals surface area contributed by atoms with E-state index in [0.29, 0.717) is 33.9 Å². The van der Waals surface area contributed by atoms with E-state index in [2.05, 4.69) is 50.6 Å². The van der Waals surface area contributed by atoms with Crippen LogP contribution in [0.2, 0.25) is 5.02 Å². The number of hydrogen-bond donors (Lipinski definition) is 2. The zero-order valence-electron chi connectivity index (χ0n) is 19.4. The van der Waals surface area contributed by atoms with Gasteiger partial charge in [-0.1, -0.05) is 65.3 Å². The molecule has 0 saturated heterocycles. The van der Waals surface area contributed by atoms with E-state index >= 15 is 0 Å². The summed E-state index contributed by atoms with van der Waals surface area (Å²) in [6.45, 7) is 6.12. The topological polar surface area (TPSA) is 88.9 Å². The Bertz CT molecular complexity index is 1180. The van der Waals surface area contributed by atoms with E-state index in [4.69, 9.17) is 11.6 Å². The van der Waals surface area contributed by atoms with Crippen molar-refractivity contribution in [3.63, 3.8) is 0 Å². The molecule has 3 aromatic rings. The number of amides is 2. The molecule has 180 valence electrons. The highest BCUT2D eigenvalue weighted by molar-refractivity contribution is 9.10. The third-order valence-corrected chi connectivity index (χ3v) is 7.32. The molecule has 0 aliphatic carbocycles. The number of carbonyl (C=O) groups is 2. The van der Waals surface area contributed by atoms with Gasteiger partial charge in [0.25, 0.3) is 5.91 Å². The summed E-state index contributed by atoms with van der Waals surface area (Å²) < 4.78 is 2.81. The van der Waals surface area contributed by atoms with E-state index in [1.54, 1.807) is 24.3 Å². The highest BCUT2D eigenvalue weighted by atomic mass is 79.9. The molecule has 0 bridgehead atoms. The van der Waals surface area contributed by atoms with E-state index in [1.807, 2.05) is 36.7 Å². The van der Waals surface area contributed by atoms with Gasteiger partial charge in [-0.15, -0.1) is 10.2 Å². The number of hydrogen-bond acceptors (Lipinski definition) is 5. The second-order valence-corrected chi connectivity index (χ2v) is 10.5. The van der Waals surface area contributed by atoms with Crippen molar-refractivity contribution in [1.82, 2.24) is 20.1 Å². The molecule has 34 heavy (non-hydrogen) atoms. The van der Waals surface area contributed by atoms with Gasteiger partial charge in [0.1, 0.15) is 0 Å². The standard InChI is InChI=1S/C24H27BrClN5O2S/c1-14(2)11-20(28-23(33)17-7-5-6-8-19(17)26)22-29-30-24(31(22)4)34-13-21(32)27-16-9-10-18(25)15(3)12-16/h5-10,12,14,20H,11,13H2,1-4H3,(H,27,32)(H,28,33)/t20-/m1/s1. The summed E-state index contributed by atoms with van der Waals surface area (Å²) in [6, 6.07) is 12.2. The van der Waals surface area contributed by atoms with Crippen LogP contribution in [0.3, 0.4) is 0 Å². The molecule has 1 aromatic heterocycles. The van der Waals surface area contributed by atoms with Gasteiger partial charge < -0.3 is 15.2 Å². The molecule has 0 unspecified atom stereocenters. The lowest BCUT2D eigenvalue weighted by Crippen LogP contribution is -2.31. The van der Waals surface area contributed by atoms with Crippen LogP contribution in [0.1, 0.15) is 48.1 Å². The second-order valence-electron chi connectivity index (χ2n) is 8.34.